The van der Waals surface area contributed by atoms with E-state index in [0.29, 0.717) is 0 Å². The van der Waals surface area contributed by atoms with Gasteiger partial charge in [-0.1, -0.05) is 15.9 Å². The maximum atomic E-state index is 5.60. The summed E-state index contributed by atoms with van der Waals surface area (Å²) in [7, 11) is 0. The van der Waals surface area contributed by atoms with Crippen molar-refractivity contribution in [2.45, 2.75) is 6.92 Å². The predicted octanol–water partition coefficient (Wildman–Crippen LogP) is 3.94. The van der Waals surface area contributed by atoms with Gasteiger partial charge < -0.3 is 4.74 Å². The average molecular weight is 264 g/mol. The summed E-state index contributed by atoms with van der Waals surface area (Å²) in [5.41, 5.74) is 0.984. The first-order chi connectivity index (χ1) is 7.24. The number of benzene rings is 1. The van der Waals surface area contributed by atoms with Gasteiger partial charge in [-0.15, -0.1) is 0 Å². The number of rotatable bonds is 2. The Kier molecular flexibility index (Phi) is 3.02. The van der Waals surface area contributed by atoms with Crippen LogP contribution in [0.2, 0.25) is 0 Å². The highest BCUT2D eigenvalue weighted by Gasteiger charge is 1.96. The van der Waals surface area contributed by atoms with Gasteiger partial charge in [-0.05, 0) is 43.3 Å². The second-order valence-corrected chi connectivity index (χ2v) is 4.11. The molecule has 0 radical (unpaired) electrons. The molecule has 0 aliphatic heterocycles. The highest BCUT2D eigenvalue weighted by Crippen LogP contribution is 2.22. The minimum atomic E-state index is 0.753. The third-order valence-corrected chi connectivity index (χ3v) is 2.46. The molecule has 0 aliphatic carbocycles. The lowest BCUT2D eigenvalue weighted by atomic mass is 10.3. The first-order valence-corrected chi connectivity index (χ1v) is 5.39. The third-order valence-electron chi connectivity index (χ3n) is 1.93. The van der Waals surface area contributed by atoms with Gasteiger partial charge in [0.2, 0.25) is 0 Å². The topological polar surface area (TPSA) is 22.1 Å². The molecule has 0 aliphatic rings. The molecule has 1 aromatic heterocycles. The maximum absolute atomic E-state index is 5.60. The van der Waals surface area contributed by atoms with Gasteiger partial charge in [-0.3, -0.25) is 4.98 Å². The van der Waals surface area contributed by atoms with Crippen LogP contribution in [0.15, 0.2) is 47.1 Å². The molecule has 1 heterocycles. The Labute approximate surface area is 97.1 Å². The van der Waals surface area contributed by atoms with Crippen LogP contribution in [0.5, 0.6) is 11.5 Å². The molecule has 15 heavy (non-hydrogen) atoms. The van der Waals surface area contributed by atoms with Gasteiger partial charge in [0, 0.05) is 10.2 Å². The molecular weight excluding hydrogens is 254 g/mol. The first-order valence-electron chi connectivity index (χ1n) is 4.60. The van der Waals surface area contributed by atoms with E-state index >= 15 is 0 Å². The van der Waals surface area contributed by atoms with E-state index in [1.54, 1.807) is 6.20 Å². The van der Waals surface area contributed by atoms with Gasteiger partial charge in [-0.25, -0.2) is 0 Å². The minimum absolute atomic E-state index is 0.753. The molecule has 0 atom stereocenters. The molecule has 0 unspecified atom stereocenters. The van der Waals surface area contributed by atoms with Crippen LogP contribution < -0.4 is 4.74 Å². The first kappa shape index (κ1) is 10.2. The van der Waals surface area contributed by atoms with Crippen molar-refractivity contribution in [2.75, 3.05) is 0 Å². The van der Waals surface area contributed by atoms with Crippen molar-refractivity contribution in [3.8, 4) is 11.5 Å². The van der Waals surface area contributed by atoms with Crippen LogP contribution in [-0.2, 0) is 0 Å². The fourth-order valence-electron chi connectivity index (χ4n) is 1.15. The third kappa shape index (κ3) is 2.80. The molecule has 76 valence electrons. The summed E-state index contributed by atoms with van der Waals surface area (Å²) in [5.74, 6) is 1.56. The number of nitrogens with zero attached hydrogens (tertiary/aromatic N) is 1. The van der Waals surface area contributed by atoms with Gasteiger partial charge >= 0.3 is 0 Å². The summed E-state index contributed by atoms with van der Waals surface area (Å²) in [6.45, 7) is 1.95. The van der Waals surface area contributed by atoms with E-state index in [4.69, 9.17) is 4.74 Å². The molecule has 3 heteroatoms. The summed E-state index contributed by atoms with van der Waals surface area (Å²) in [5, 5.41) is 0. The van der Waals surface area contributed by atoms with Crippen LogP contribution in [0, 0.1) is 6.92 Å². The van der Waals surface area contributed by atoms with Crippen LogP contribution in [0.3, 0.4) is 0 Å². The van der Waals surface area contributed by atoms with E-state index in [-0.39, 0.29) is 0 Å². The number of halogens is 1. The summed E-state index contributed by atoms with van der Waals surface area (Å²) < 4.78 is 6.64. The lowest BCUT2D eigenvalue weighted by Crippen LogP contribution is -1.86. The lowest BCUT2D eigenvalue weighted by molar-refractivity contribution is 0.480. The quantitative estimate of drug-likeness (QED) is 0.819. The zero-order valence-electron chi connectivity index (χ0n) is 8.27. The molecular formula is C12H10BrNO. The molecule has 2 aromatic rings. The zero-order valence-corrected chi connectivity index (χ0v) is 9.86. The van der Waals surface area contributed by atoms with Gasteiger partial charge in [0.1, 0.15) is 11.5 Å². The van der Waals surface area contributed by atoms with E-state index in [1.165, 1.54) is 0 Å². The molecule has 2 rings (SSSR count). The number of pyridine rings is 1. The Bertz CT molecular complexity index is 393. The number of aromatic nitrogens is 1. The Balaban J connectivity index is 2.15. The molecule has 2 nitrogen and oxygen atoms in total. The molecule has 0 spiro atoms. The van der Waals surface area contributed by atoms with Crippen molar-refractivity contribution >= 4 is 15.9 Å². The minimum Gasteiger partial charge on any atom is -0.456 e. The molecule has 0 saturated carbocycles. The normalized spacial score (nSPS) is 10.0. The molecule has 0 amide bonds. The lowest BCUT2D eigenvalue weighted by Gasteiger charge is -2.04. The summed E-state index contributed by atoms with van der Waals surface area (Å²) in [4.78, 5) is 4.16. The molecule has 0 fully saturated rings. The van der Waals surface area contributed by atoms with Gasteiger partial charge in [-0.2, -0.15) is 0 Å². The van der Waals surface area contributed by atoms with Gasteiger partial charge in [0.05, 0.1) is 6.20 Å². The standard InChI is InChI=1S/C12H10BrNO/c1-9-2-5-12(8-14-9)15-11-6-3-10(13)4-7-11/h2-8H,1H3. The highest BCUT2D eigenvalue weighted by atomic mass is 79.9. The Morgan fingerprint density at radius 1 is 1.00 bits per heavy atom. The summed E-state index contributed by atoms with van der Waals surface area (Å²) in [6, 6.07) is 11.5. The van der Waals surface area contributed by atoms with Crippen LogP contribution in [0.4, 0.5) is 0 Å². The fourth-order valence-corrected chi connectivity index (χ4v) is 1.42. The van der Waals surface area contributed by atoms with Crippen molar-refractivity contribution in [3.05, 3.63) is 52.8 Å². The summed E-state index contributed by atoms with van der Waals surface area (Å²) in [6.07, 6.45) is 1.72. The van der Waals surface area contributed by atoms with E-state index < -0.39 is 0 Å². The fraction of sp³-hybridized carbons (Fsp3) is 0.0833. The Morgan fingerprint density at radius 3 is 2.27 bits per heavy atom. The predicted molar refractivity (Wildman–Crippen MR) is 63.2 cm³/mol. The van der Waals surface area contributed by atoms with E-state index in [2.05, 4.69) is 20.9 Å². The van der Waals surface area contributed by atoms with Crippen molar-refractivity contribution < 1.29 is 4.74 Å². The maximum Gasteiger partial charge on any atom is 0.145 e. The van der Waals surface area contributed by atoms with Crippen molar-refractivity contribution in [2.24, 2.45) is 0 Å². The molecule has 0 bridgehead atoms. The SMILES string of the molecule is Cc1ccc(Oc2ccc(Br)cc2)cn1. The molecule has 0 saturated heterocycles. The van der Waals surface area contributed by atoms with Crippen molar-refractivity contribution in [1.29, 1.82) is 0 Å². The number of ether oxygens (including phenoxy) is 1. The largest absolute Gasteiger partial charge is 0.456 e. The van der Waals surface area contributed by atoms with Crippen LogP contribution in [-0.4, -0.2) is 4.98 Å². The highest BCUT2D eigenvalue weighted by molar-refractivity contribution is 9.10. The molecule has 0 N–H and O–H groups in total. The molecule has 1 aromatic carbocycles. The van der Waals surface area contributed by atoms with Crippen molar-refractivity contribution in [3.63, 3.8) is 0 Å². The van der Waals surface area contributed by atoms with Crippen LogP contribution in [0.1, 0.15) is 5.69 Å². The number of hydrogen-bond acceptors (Lipinski definition) is 2. The van der Waals surface area contributed by atoms with E-state index in [0.717, 1.165) is 21.7 Å². The number of aryl methyl sites for hydroxylation is 1. The van der Waals surface area contributed by atoms with E-state index in [1.807, 2.05) is 43.3 Å². The van der Waals surface area contributed by atoms with Gasteiger partial charge in [0.25, 0.3) is 0 Å². The Morgan fingerprint density at radius 2 is 1.67 bits per heavy atom. The second-order valence-electron chi connectivity index (χ2n) is 3.19. The van der Waals surface area contributed by atoms with Gasteiger partial charge in [0.15, 0.2) is 0 Å². The monoisotopic (exact) mass is 263 g/mol. The van der Waals surface area contributed by atoms with E-state index in [9.17, 15) is 0 Å². The second kappa shape index (κ2) is 4.45. The van der Waals surface area contributed by atoms with Crippen LogP contribution >= 0.6 is 15.9 Å². The Hall–Kier alpha value is -1.35. The summed E-state index contributed by atoms with van der Waals surface area (Å²) >= 11 is 3.37. The van der Waals surface area contributed by atoms with Crippen molar-refractivity contribution in [1.82, 2.24) is 4.98 Å². The smallest absolute Gasteiger partial charge is 0.145 e. The zero-order chi connectivity index (χ0) is 10.7. The van der Waals surface area contributed by atoms with Crippen LogP contribution in [0.25, 0.3) is 0 Å². The average Bonchev–Trinajstić information content (AvgIpc) is 2.25. The number of hydrogen-bond donors (Lipinski definition) is 0.